The summed E-state index contributed by atoms with van der Waals surface area (Å²) in [7, 11) is 0. The van der Waals surface area contributed by atoms with E-state index >= 15 is 0 Å². The maximum atomic E-state index is 11.2. The molecule has 0 heterocycles. The van der Waals surface area contributed by atoms with E-state index in [2.05, 4.69) is 0 Å². The minimum absolute atomic E-state index is 0.157. The summed E-state index contributed by atoms with van der Waals surface area (Å²) >= 11 is 0. The number of carbonyl (C=O) groups excluding carboxylic acids is 2. The minimum atomic E-state index is -0.157. The van der Waals surface area contributed by atoms with Crippen molar-refractivity contribution in [2.24, 2.45) is 5.41 Å². The molecule has 0 bridgehead atoms. The zero-order valence-corrected chi connectivity index (χ0v) is 6.56. The zero-order valence-electron chi connectivity index (χ0n) is 6.56. The third kappa shape index (κ3) is 0.924. The highest BCUT2D eigenvalue weighted by molar-refractivity contribution is 5.96. The summed E-state index contributed by atoms with van der Waals surface area (Å²) in [6.07, 6.45) is 4.84. The normalized spacial score (nSPS) is 37.5. The van der Waals surface area contributed by atoms with Crippen molar-refractivity contribution in [3.05, 3.63) is 0 Å². The summed E-state index contributed by atoms with van der Waals surface area (Å²) in [5, 5.41) is 0. The Morgan fingerprint density at radius 3 is 2.27 bits per heavy atom. The van der Waals surface area contributed by atoms with Gasteiger partial charge in [0.2, 0.25) is 0 Å². The predicted molar refractivity (Wildman–Crippen MR) is 40.1 cm³/mol. The lowest BCUT2D eigenvalue weighted by molar-refractivity contribution is -0.145. The molecule has 1 atom stereocenters. The maximum Gasteiger partial charge on any atom is 0.139 e. The van der Waals surface area contributed by atoms with Crippen LogP contribution in [0.4, 0.5) is 0 Å². The van der Waals surface area contributed by atoms with Crippen molar-refractivity contribution >= 4 is 11.6 Å². The Balaban J connectivity index is 2.13. The van der Waals surface area contributed by atoms with Crippen LogP contribution < -0.4 is 0 Å². The van der Waals surface area contributed by atoms with Crippen LogP contribution in [-0.2, 0) is 9.59 Å². The van der Waals surface area contributed by atoms with Crippen molar-refractivity contribution < 1.29 is 9.59 Å². The molecule has 11 heavy (non-hydrogen) atoms. The average molecular weight is 152 g/mol. The molecule has 60 valence electrons. The zero-order chi connectivity index (χ0) is 7.90. The molecule has 0 radical (unpaired) electrons. The molecule has 0 aromatic carbocycles. The van der Waals surface area contributed by atoms with Crippen LogP contribution >= 0.6 is 0 Å². The van der Waals surface area contributed by atoms with Crippen LogP contribution in [0.3, 0.4) is 0 Å². The highest BCUT2D eigenvalue weighted by Gasteiger charge is 2.48. The number of rotatable bonds is 0. The molecular weight excluding hydrogens is 140 g/mol. The topological polar surface area (TPSA) is 34.1 Å². The van der Waals surface area contributed by atoms with Crippen molar-refractivity contribution in [2.75, 3.05) is 0 Å². The summed E-state index contributed by atoms with van der Waals surface area (Å²) in [5.74, 6) is 0.634. The Bertz CT molecular complexity index is 220. The molecule has 0 aromatic heterocycles. The minimum Gasteiger partial charge on any atom is -0.300 e. The fraction of sp³-hybridized carbons (Fsp3) is 0.778. The molecule has 0 N–H and O–H groups in total. The Morgan fingerprint density at radius 2 is 1.91 bits per heavy atom. The van der Waals surface area contributed by atoms with Crippen LogP contribution in [0.1, 0.15) is 38.5 Å². The Hall–Kier alpha value is -0.660. The lowest BCUT2D eigenvalue weighted by Crippen LogP contribution is -2.44. The Morgan fingerprint density at radius 1 is 1.09 bits per heavy atom. The Kier molecular flexibility index (Phi) is 1.38. The molecule has 2 rings (SSSR count). The second kappa shape index (κ2) is 2.16. The van der Waals surface area contributed by atoms with Gasteiger partial charge in [0.1, 0.15) is 11.6 Å². The van der Waals surface area contributed by atoms with Crippen molar-refractivity contribution in [3.8, 4) is 0 Å². The van der Waals surface area contributed by atoms with Gasteiger partial charge in [-0.25, -0.2) is 0 Å². The second-order valence-corrected chi connectivity index (χ2v) is 3.77. The predicted octanol–water partition coefficient (Wildman–Crippen LogP) is 1.48. The number of ketones is 2. The van der Waals surface area contributed by atoms with Crippen LogP contribution in [-0.4, -0.2) is 11.6 Å². The molecule has 1 unspecified atom stereocenters. The molecule has 2 aliphatic rings. The first-order chi connectivity index (χ1) is 5.23. The summed E-state index contributed by atoms with van der Waals surface area (Å²) in [6.45, 7) is 0. The van der Waals surface area contributed by atoms with Crippen LogP contribution in [0, 0.1) is 5.41 Å². The molecule has 2 aliphatic carbocycles. The van der Waals surface area contributed by atoms with E-state index in [1.165, 1.54) is 0 Å². The highest BCUT2D eigenvalue weighted by Crippen LogP contribution is 2.47. The van der Waals surface area contributed by atoms with Crippen LogP contribution in [0.5, 0.6) is 0 Å². The van der Waals surface area contributed by atoms with E-state index in [9.17, 15) is 9.59 Å². The first kappa shape index (κ1) is 7.01. The molecule has 0 aromatic rings. The van der Waals surface area contributed by atoms with Crippen molar-refractivity contribution in [1.82, 2.24) is 0 Å². The molecular formula is C9H12O2. The fourth-order valence-corrected chi connectivity index (χ4v) is 2.21. The molecule has 2 fully saturated rings. The van der Waals surface area contributed by atoms with E-state index in [-0.39, 0.29) is 5.41 Å². The summed E-state index contributed by atoms with van der Waals surface area (Å²) in [6, 6.07) is 0. The van der Waals surface area contributed by atoms with E-state index in [4.69, 9.17) is 0 Å². The lowest BCUT2D eigenvalue weighted by atomic mass is 9.59. The number of Topliss-reactive ketones (excluding diaryl/α,β-unsaturated/α-hetero) is 2. The van der Waals surface area contributed by atoms with Gasteiger partial charge in [-0.3, -0.25) is 9.59 Å². The van der Waals surface area contributed by atoms with Gasteiger partial charge in [-0.1, -0.05) is 0 Å². The van der Waals surface area contributed by atoms with Gasteiger partial charge in [-0.2, -0.15) is 0 Å². The van der Waals surface area contributed by atoms with Gasteiger partial charge in [0.25, 0.3) is 0 Å². The quantitative estimate of drug-likeness (QED) is 0.527. The van der Waals surface area contributed by atoms with Crippen molar-refractivity contribution in [2.45, 2.75) is 38.5 Å². The molecule has 0 aliphatic heterocycles. The van der Waals surface area contributed by atoms with Gasteiger partial charge in [-0.05, 0) is 19.3 Å². The third-order valence-electron chi connectivity index (χ3n) is 3.07. The SMILES string of the molecule is O=C1CCCC2(CCC2=O)C1. The van der Waals surface area contributed by atoms with E-state index in [1.807, 2.05) is 0 Å². The number of hydrogen-bond donors (Lipinski definition) is 0. The summed E-state index contributed by atoms with van der Waals surface area (Å²) < 4.78 is 0. The van der Waals surface area contributed by atoms with Gasteiger partial charge in [0, 0.05) is 24.7 Å². The van der Waals surface area contributed by atoms with E-state index in [0.29, 0.717) is 30.8 Å². The summed E-state index contributed by atoms with van der Waals surface area (Å²) in [4.78, 5) is 22.3. The molecule has 1 spiro atoms. The molecule has 2 heteroatoms. The number of carbonyl (C=O) groups is 2. The van der Waals surface area contributed by atoms with E-state index in [0.717, 1.165) is 19.3 Å². The van der Waals surface area contributed by atoms with Crippen LogP contribution in [0.25, 0.3) is 0 Å². The highest BCUT2D eigenvalue weighted by atomic mass is 16.1. The smallest absolute Gasteiger partial charge is 0.139 e. The van der Waals surface area contributed by atoms with Gasteiger partial charge in [0.15, 0.2) is 0 Å². The standard InChI is InChI=1S/C9H12O2/c10-7-2-1-4-9(6-7)5-3-8(9)11/h1-6H2. The van der Waals surface area contributed by atoms with E-state index in [1.54, 1.807) is 0 Å². The molecule has 0 amide bonds. The van der Waals surface area contributed by atoms with Gasteiger partial charge in [-0.15, -0.1) is 0 Å². The molecule has 2 nitrogen and oxygen atoms in total. The van der Waals surface area contributed by atoms with Crippen molar-refractivity contribution in [1.29, 1.82) is 0 Å². The second-order valence-electron chi connectivity index (χ2n) is 3.77. The largest absolute Gasteiger partial charge is 0.300 e. The molecule has 2 saturated carbocycles. The maximum absolute atomic E-state index is 11.2. The Labute approximate surface area is 66.0 Å². The molecule has 0 saturated heterocycles. The first-order valence-electron chi connectivity index (χ1n) is 4.28. The lowest BCUT2D eigenvalue weighted by Gasteiger charge is -2.42. The fourth-order valence-electron chi connectivity index (χ4n) is 2.21. The van der Waals surface area contributed by atoms with Crippen molar-refractivity contribution in [3.63, 3.8) is 0 Å². The van der Waals surface area contributed by atoms with Gasteiger partial charge < -0.3 is 0 Å². The first-order valence-corrected chi connectivity index (χ1v) is 4.28. The number of hydrogen-bond acceptors (Lipinski definition) is 2. The van der Waals surface area contributed by atoms with E-state index < -0.39 is 0 Å². The van der Waals surface area contributed by atoms with Crippen LogP contribution in [0.2, 0.25) is 0 Å². The average Bonchev–Trinajstić information content (AvgIpc) is 2.02. The summed E-state index contributed by atoms with van der Waals surface area (Å²) in [5.41, 5.74) is -0.157. The van der Waals surface area contributed by atoms with Gasteiger partial charge in [0.05, 0.1) is 0 Å². The van der Waals surface area contributed by atoms with Crippen LogP contribution in [0.15, 0.2) is 0 Å². The third-order valence-corrected chi connectivity index (χ3v) is 3.07. The van der Waals surface area contributed by atoms with Gasteiger partial charge >= 0.3 is 0 Å². The monoisotopic (exact) mass is 152 g/mol.